The quantitative estimate of drug-likeness (QED) is 0.231. The minimum Gasteiger partial charge on any atom is -0.460 e. The number of carbonyl (C=O) groups excluding carboxylic acids is 3. The highest BCUT2D eigenvalue weighted by Gasteiger charge is 2.55. The third-order valence-electron chi connectivity index (χ3n) is 7.02. The first-order valence-electron chi connectivity index (χ1n) is 12.2. The number of halogens is 3. The maximum absolute atomic E-state index is 14.2. The Morgan fingerprint density at radius 1 is 1.25 bits per heavy atom. The number of aromatic nitrogens is 2. The number of amides is 2. The molecule has 0 bridgehead atoms. The van der Waals surface area contributed by atoms with Crippen molar-refractivity contribution in [1.29, 1.82) is 5.26 Å². The number of imidazole rings is 1. The number of ether oxygens (including phenoxy) is 1. The van der Waals surface area contributed by atoms with Crippen molar-refractivity contribution in [2.45, 2.75) is 37.3 Å². The summed E-state index contributed by atoms with van der Waals surface area (Å²) in [5.41, 5.74) is -1.20. The Balaban J connectivity index is 1.58. The smallest absolute Gasteiger partial charge is 0.332 e. The minimum atomic E-state index is -1.39. The van der Waals surface area contributed by atoms with Gasteiger partial charge in [-0.2, -0.15) is 5.26 Å². The Morgan fingerprint density at radius 2 is 1.90 bits per heavy atom. The molecule has 0 radical (unpaired) electrons. The van der Waals surface area contributed by atoms with Gasteiger partial charge in [0.15, 0.2) is 5.82 Å². The molecule has 5 rings (SSSR count). The second kappa shape index (κ2) is 10.1. The standard InChI is InChI=1S/C28H22Cl2FN5O4/c1-3-10-40-25(39)28(8-9-28)34-23(37)21-15-33-26-35(18-11-19(29)22(31)20(30)12-18)24(38)27(2,36(21)26)13-16-4-6-17(14-32)7-5-16/h3-7,11-12,15H,1,8-10,13H2,2H3,(H,34,37). The Bertz CT molecular complexity index is 1590. The van der Waals surface area contributed by atoms with Crippen molar-refractivity contribution in [3.05, 3.63) is 87.9 Å². The van der Waals surface area contributed by atoms with Crippen LogP contribution in [0.15, 0.2) is 55.3 Å². The topological polar surface area (TPSA) is 117 Å². The highest BCUT2D eigenvalue weighted by Crippen LogP contribution is 2.44. The van der Waals surface area contributed by atoms with Crippen LogP contribution in [-0.2, 0) is 26.3 Å². The fraction of sp³-hybridized carbons (Fsp3) is 0.250. The van der Waals surface area contributed by atoms with E-state index in [4.69, 9.17) is 33.2 Å². The lowest BCUT2D eigenvalue weighted by molar-refractivity contribution is -0.145. The first-order chi connectivity index (χ1) is 19.0. The van der Waals surface area contributed by atoms with E-state index in [9.17, 15) is 18.8 Å². The van der Waals surface area contributed by atoms with Gasteiger partial charge in [0.2, 0.25) is 5.95 Å². The molecule has 1 fully saturated rings. The predicted molar refractivity (Wildman–Crippen MR) is 145 cm³/mol. The molecule has 1 unspecified atom stereocenters. The number of fused-ring (bicyclic) bond motifs is 1. The number of hydrogen-bond acceptors (Lipinski definition) is 6. The molecule has 1 aliphatic heterocycles. The Morgan fingerprint density at radius 3 is 2.48 bits per heavy atom. The van der Waals surface area contributed by atoms with Crippen molar-refractivity contribution in [2.24, 2.45) is 0 Å². The van der Waals surface area contributed by atoms with Crippen molar-refractivity contribution >= 4 is 52.6 Å². The third-order valence-corrected chi connectivity index (χ3v) is 7.57. The van der Waals surface area contributed by atoms with Crippen LogP contribution in [0.3, 0.4) is 0 Å². The van der Waals surface area contributed by atoms with Crippen LogP contribution in [0.1, 0.15) is 41.4 Å². The molecule has 9 nitrogen and oxygen atoms in total. The van der Waals surface area contributed by atoms with Crippen molar-refractivity contribution in [3.8, 4) is 6.07 Å². The summed E-state index contributed by atoms with van der Waals surface area (Å²) in [6.07, 6.45) is 3.65. The normalized spacial score (nSPS) is 18.6. The molecule has 3 aromatic rings. The Labute approximate surface area is 238 Å². The molecule has 1 atom stereocenters. The number of nitrogens with zero attached hydrogens (tertiary/aromatic N) is 4. The Hall–Kier alpha value is -4.20. The highest BCUT2D eigenvalue weighted by molar-refractivity contribution is 6.35. The molecule has 2 heterocycles. The van der Waals surface area contributed by atoms with Gasteiger partial charge in [-0.3, -0.25) is 14.2 Å². The van der Waals surface area contributed by atoms with Gasteiger partial charge in [0.05, 0.1) is 33.6 Å². The molecule has 2 amide bonds. The molecule has 1 aliphatic carbocycles. The highest BCUT2D eigenvalue weighted by atomic mass is 35.5. The van der Waals surface area contributed by atoms with Gasteiger partial charge in [-0.1, -0.05) is 48.0 Å². The van der Waals surface area contributed by atoms with Crippen LogP contribution in [0.4, 0.5) is 16.0 Å². The van der Waals surface area contributed by atoms with Crippen molar-refractivity contribution in [1.82, 2.24) is 14.9 Å². The van der Waals surface area contributed by atoms with E-state index in [1.807, 2.05) is 0 Å². The first kappa shape index (κ1) is 27.4. The van der Waals surface area contributed by atoms with E-state index >= 15 is 0 Å². The van der Waals surface area contributed by atoms with Gasteiger partial charge < -0.3 is 10.1 Å². The van der Waals surface area contributed by atoms with Crippen LogP contribution >= 0.6 is 23.2 Å². The summed E-state index contributed by atoms with van der Waals surface area (Å²) in [7, 11) is 0. The summed E-state index contributed by atoms with van der Waals surface area (Å²) in [6.45, 7) is 5.18. The number of hydrogen-bond donors (Lipinski definition) is 1. The fourth-order valence-electron chi connectivity index (χ4n) is 4.79. The third kappa shape index (κ3) is 4.51. The summed E-state index contributed by atoms with van der Waals surface area (Å²) in [5, 5.41) is 11.3. The zero-order valence-electron chi connectivity index (χ0n) is 21.2. The number of benzene rings is 2. The van der Waals surface area contributed by atoms with Gasteiger partial charge in [-0.15, -0.1) is 0 Å². The molecule has 1 aromatic heterocycles. The maximum atomic E-state index is 14.2. The summed E-state index contributed by atoms with van der Waals surface area (Å²) in [6, 6.07) is 11.3. The van der Waals surface area contributed by atoms with Crippen molar-refractivity contribution in [2.75, 3.05) is 11.5 Å². The summed E-state index contributed by atoms with van der Waals surface area (Å²) >= 11 is 12.1. The van der Waals surface area contributed by atoms with Gasteiger partial charge >= 0.3 is 5.97 Å². The zero-order chi connectivity index (χ0) is 28.8. The average molecular weight is 582 g/mol. The molecule has 1 saturated carbocycles. The lowest BCUT2D eigenvalue weighted by Crippen LogP contribution is -2.47. The van der Waals surface area contributed by atoms with E-state index in [0.717, 1.165) is 0 Å². The van der Waals surface area contributed by atoms with Gasteiger partial charge in [0.25, 0.3) is 11.8 Å². The number of nitrogens with one attached hydrogen (secondary N) is 1. The molecule has 0 saturated heterocycles. The predicted octanol–water partition coefficient (Wildman–Crippen LogP) is 4.83. The first-order valence-corrected chi connectivity index (χ1v) is 13.0. The lowest BCUT2D eigenvalue weighted by atomic mass is 9.91. The maximum Gasteiger partial charge on any atom is 0.332 e. The fourth-order valence-corrected chi connectivity index (χ4v) is 5.26. The van der Waals surface area contributed by atoms with Gasteiger partial charge in [-0.25, -0.2) is 19.1 Å². The van der Waals surface area contributed by atoms with Gasteiger partial charge in [-0.05, 0) is 49.6 Å². The molecule has 40 heavy (non-hydrogen) atoms. The largest absolute Gasteiger partial charge is 0.460 e. The number of carbonyl (C=O) groups is 3. The van der Waals surface area contributed by atoms with Crippen LogP contribution in [-0.4, -0.2) is 39.5 Å². The number of anilines is 2. The second-order valence-electron chi connectivity index (χ2n) is 9.83. The van der Waals surface area contributed by atoms with Gasteiger partial charge in [0.1, 0.15) is 23.4 Å². The van der Waals surface area contributed by atoms with Crippen LogP contribution in [0.2, 0.25) is 10.0 Å². The van der Waals surface area contributed by atoms with E-state index in [2.05, 4.69) is 22.9 Å². The summed E-state index contributed by atoms with van der Waals surface area (Å²) < 4.78 is 20.8. The molecule has 2 aromatic carbocycles. The molecule has 0 spiro atoms. The molecule has 1 N–H and O–H groups in total. The second-order valence-corrected chi connectivity index (χ2v) is 10.6. The van der Waals surface area contributed by atoms with E-state index in [-0.39, 0.29) is 40.4 Å². The molecular weight excluding hydrogens is 560 g/mol. The SMILES string of the molecule is C=CCOC(=O)C1(NC(=O)c2cnc3n2C(C)(Cc2ccc(C#N)cc2)C(=O)N3c2cc(Cl)c(F)c(Cl)c2)CC1. The average Bonchev–Trinajstić information content (AvgIpc) is 3.52. The number of nitriles is 1. The number of rotatable bonds is 8. The van der Waals surface area contributed by atoms with Crippen LogP contribution in [0, 0.1) is 17.1 Å². The van der Waals surface area contributed by atoms with E-state index < -0.39 is 34.7 Å². The molecule has 12 heteroatoms. The minimum absolute atomic E-state index is 0.00739. The van der Waals surface area contributed by atoms with Crippen LogP contribution in [0.5, 0.6) is 0 Å². The number of esters is 1. The van der Waals surface area contributed by atoms with Crippen molar-refractivity contribution in [3.63, 3.8) is 0 Å². The van der Waals surface area contributed by atoms with Crippen LogP contribution < -0.4 is 10.2 Å². The summed E-state index contributed by atoms with van der Waals surface area (Å²) in [5.74, 6) is -2.41. The molecule has 2 aliphatic rings. The molecular formula is C28H22Cl2FN5O4. The molecule has 204 valence electrons. The van der Waals surface area contributed by atoms with Gasteiger partial charge in [0, 0.05) is 6.42 Å². The van der Waals surface area contributed by atoms with E-state index in [1.54, 1.807) is 31.2 Å². The zero-order valence-corrected chi connectivity index (χ0v) is 22.7. The summed E-state index contributed by atoms with van der Waals surface area (Å²) in [4.78, 5) is 45.8. The lowest BCUT2D eigenvalue weighted by Gasteiger charge is -2.27. The monoisotopic (exact) mass is 581 g/mol. The van der Waals surface area contributed by atoms with Crippen LogP contribution in [0.25, 0.3) is 0 Å². The van der Waals surface area contributed by atoms with E-state index in [1.165, 1.54) is 33.9 Å². The van der Waals surface area contributed by atoms with Crippen molar-refractivity contribution < 1.29 is 23.5 Å². The van der Waals surface area contributed by atoms with E-state index in [0.29, 0.717) is 24.0 Å². The Kier molecular flexibility index (Phi) is 6.90.